The summed E-state index contributed by atoms with van der Waals surface area (Å²) in [4.78, 5) is 33.8. The predicted octanol–water partition coefficient (Wildman–Crippen LogP) is 5.22. The number of carbonyl (C=O) groups is 2. The van der Waals surface area contributed by atoms with Crippen LogP contribution in [0.25, 0.3) is 0 Å². The Hall–Kier alpha value is -3.06. The van der Waals surface area contributed by atoms with E-state index in [1.165, 1.54) is 4.90 Å². The van der Waals surface area contributed by atoms with Crippen molar-refractivity contribution in [1.29, 1.82) is 0 Å². The van der Waals surface area contributed by atoms with Gasteiger partial charge in [-0.3, -0.25) is 9.59 Å². The van der Waals surface area contributed by atoms with Gasteiger partial charge in [-0.15, -0.1) is 0 Å². The van der Waals surface area contributed by atoms with Gasteiger partial charge >= 0.3 is 12.4 Å². The lowest BCUT2D eigenvalue weighted by atomic mass is 9.89. The normalized spacial score (nSPS) is 21.1. The van der Waals surface area contributed by atoms with E-state index in [1.807, 2.05) is 4.90 Å². The van der Waals surface area contributed by atoms with Gasteiger partial charge in [0.05, 0.1) is 11.1 Å². The van der Waals surface area contributed by atoms with Crippen molar-refractivity contribution in [3.05, 3.63) is 58.2 Å². The fourth-order valence-electron chi connectivity index (χ4n) is 5.66. The molecular weight excluding hydrogens is 590 g/mol. The van der Waals surface area contributed by atoms with Crippen molar-refractivity contribution >= 4 is 29.2 Å². The average Bonchev–Trinajstić information content (AvgIpc) is 3.69. The molecule has 1 unspecified atom stereocenters. The van der Waals surface area contributed by atoms with Gasteiger partial charge in [0.1, 0.15) is 11.0 Å². The number of anilines is 1. The molecule has 230 valence electrons. The van der Waals surface area contributed by atoms with Crippen LogP contribution in [0, 0.1) is 17.8 Å². The Bertz CT molecular complexity index is 1330. The number of aliphatic hydroxyl groups is 1. The molecule has 2 aliphatic rings. The molecule has 1 aliphatic carbocycles. The maximum atomic E-state index is 14.0. The number of alkyl halides is 6. The summed E-state index contributed by atoms with van der Waals surface area (Å²) < 4.78 is 81.5. The molecule has 2 heterocycles. The van der Waals surface area contributed by atoms with Crippen molar-refractivity contribution in [2.75, 3.05) is 45.7 Å². The largest absolute Gasteiger partial charge is 0.430 e. The minimum absolute atomic E-state index is 0.0698. The predicted molar refractivity (Wildman–Crippen MR) is 143 cm³/mol. The van der Waals surface area contributed by atoms with E-state index in [2.05, 4.69) is 4.98 Å². The van der Waals surface area contributed by atoms with Crippen LogP contribution < -0.4 is 4.90 Å². The first-order valence-electron chi connectivity index (χ1n) is 13.3. The van der Waals surface area contributed by atoms with Crippen molar-refractivity contribution in [3.63, 3.8) is 0 Å². The monoisotopic (exact) mass is 620 g/mol. The number of hydrogen-bond donors (Lipinski definition) is 1. The van der Waals surface area contributed by atoms with E-state index in [4.69, 9.17) is 11.6 Å². The molecule has 1 N–H and O–H groups in total. The van der Waals surface area contributed by atoms with Gasteiger partial charge in [-0.05, 0) is 61.3 Å². The van der Waals surface area contributed by atoms with Crippen molar-refractivity contribution in [2.24, 2.45) is 17.8 Å². The maximum absolute atomic E-state index is 14.0. The SMILES string of the molecule is CN(C)C(=O)c1ccc(N2CCC([C@H]3C[C@H]3CN(C)C(=O)C(O)(c3cccc(C(F)(F)F)c3)C(F)(F)F)CC2)nc1Cl. The van der Waals surface area contributed by atoms with Crippen LogP contribution in [0.15, 0.2) is 36.4 Å². The molecule has 0 bridgehead atoms. The highest BCUT2D eigenvalue weighted by Gasteiger charge is 2.62. The summed E-state index contributed by atoms with van der Waals surface area (Å²) in [5, 5.41) is 10.7. The number of carbonyl (C=O) groups excluding carboxylic acids is 2. The topological polar surface area (TPSA) is 77.0 Å². The fourth-order valence-corrected chi connectivity index (χ4v) is 5.89. The third kappa shape index (κ3) is 6.31. The van der Waals surface area contributed by atoms with E-state index in [0.717, 1.165) is 30.9 Å². The number of amides is 2. The molecule has 1 aliphatic heterocycles. The minimum Gasteiger partial charge on any atom is -0.369 e. The molecule has 3 atom stereocenters. The smallest absolute Gasteiger partial charge is 0.369 e. The molecule has 1 saturated carbocycles. The van der Waals surface area contributed by atoms with Gasteiger partial charge in [-0.25, -0.2) is 4.98 Å². The Morgan fingerprint density at radius 1 is 1.02 bits per heavy atom. The lowest BCUT2D eigenvalue weighted by Gasteiger charge is -2.34. The summed E-state index contributed by atoms with van der Waals surface area (Å²) >= 11 is 6.24. The molecule has 0 spiro atoms. The van der Waals surface area contributed by atoms with Crippen molar-refractivity contribution in [1.82, 2.24) is 14.8 Å². The highest BCUT2D eigenvalue weighted by atomic mass is 35.5. The summed E-state index contributed by atoms with van der Waals surface area (Å²) in [6.45, 7) is 1.23. The van der Waals surface area contributed by atoms with Crippen LogP contribution in [-0.2, 0) is 16.6 Å². The Morgan fingerprint density at radius 3 is 2.19 bits per heavy atom. The number of piperidine rings is 1. The van der Waals surface area contributed by atoms with Gasteiger partial charge in [0.15, 0.2) is 0 Å². The van der Waals surface area contributed by atoms with Gasteiger partial charge < -0.3 is 19.8 Å². The van der Waals surface area contributed by atoms with E-state index in [9.17, 15) is 41.0 Å². The molecule has 14 heteroatoms. The number of pyridine rings is 1. The van der Waals surface area contributed by atoms with E-state index in [-0.39, 0.29) is 41.4 Å². The van der Waals surface area contributed by atoms with Gasteiger partial charge in [-0.1, -0.05) is 23.7 Å². The maximum Gasteiger partial charge on any atom is 0.430 e. The van der Waals surface area contributed by atoms with E-state index in [0.29, 0.717) is 43.0 Å². The molecule has 2 amide bonds. The van der Waals surface area contributed by atoms with Gasteiger partial charge in [0.2, 0.25) is 0 Å². The zero-order valence-corrected chi connectivity index (χ0v) is 23.9. The zero-order valence-electron chi connectivity index (χ0n) is 23.1. The zero-order chi connectivity index (χ0) is 31.2. The molecule has 7 nitrogen and oxygen atoms in total. The molecule has 1 aromatic carbocycles. The molecule has 4 rings (SSSR count). The Kier molecular flexibility index (Phi) is 8.77. The molecule has 1 aromatic heterocycles. The van der Waals surface area contributed by atoms with Gasteiger partial charge in [0, 0.05) is 46.3 Å². The second kappa shape index (κ2) is 11.6. The molecule has 2 aromatic rings. The number of aromatic nitrogens is 1. The quantitative estimate of drug-likeness (QED) is 0.340. The lowest BCUT2D eigenvalue weighted by Crippen LogP contribution is -2.55. The second-order valence-corrected chi connectivity index (χ2v) is 11.5. The second-order valence-electron chi connectivity index (χ2n) is 11.2. The number of nitrogens with zero attached hydrogens (tertiary/aromatic N) is 4. The lowest BCUT2D eigenvalue weighted by molar-refractivity contribution is -0.261. The van der Waals surface area contributed by atoms with Crippen LogP contribution >= 0.6 is 11.6 Å². The molecule has 0 radical (unpaired) electrons. The average molecular weight is 621 g/mol. The van der Waals surface area contributed by atoms with Gasteiger partial charge in [-0.2, -0.15) is 26.3 Å². The molecule has 1 saturated heterocycles. The van der Waals surface area contributed by atoms with E-state index in [1.54, 1.807) is 26.2 Å². The summed E-state index contributed by atoms with van der Waals surface area (Å²) in [6, 6.07) is 5.48. The Labute approximate surface area is 244 Å². The summed E-state index contributed by atoms with van der Waals surface area (Å²) in [5.74, 6) is -1.04. The summed E-state index contributed by atoms with van der Waals surface area (Å²) in [5.41, 5.74) is -6.42. The molecule has 42 heavy (non-hydrogen) atoms. The number of rotatable bonds is 7. The van der Waals surface area contributed by atoms with E-state index >= 15 is 0 Å². The van der Waals surface area contributed by atoms with E-state index < -0.39 is 35.0 Å². The molecule has 2 fully saturated rings. The highest BCUT2D eigenvalue weighted by molar-refractivity contribution is 6.32. The first-order chi connectivity index (χ1) is 19.4. The number of benzene rings is 1. The van der Waals surface area contributed by atoms with Crippen LogP contribution in [-0.4, -0.2) is 78.7 Å². The third-order valence-electron chi connectivity index (χ3n) is 8.10. The summed E-state index contributed by atoms with van der Waals surface area (Å²) in [7, 11) is 4.34. The standard InChI is InChI=1S/C28H31ClF6N4O3/c1-37(2)24(40)20-7-8-22(36-23(20)29)39-11-9-16(10-12-39)21-13-17(21)15-38(3)25(41)26(42,28(33,34)35)18-5-4-6-19(14-18)27(30,31)32/h4-8,14,16-17,21,42H,9-13,15H2,1-3H3/t17-,21+,26?/m0/s1. The minimum atomic E-state index is -5.55. The van der Waals surface area contributed by atoms with Crippen LogP contribution in [0.5, 0.6) is 0 Å². The number of hydrogen-bond acceptors (Lipinski definition) is 5. The van der Waals surface area contributed by atoms with Crippen LogP contribution in [0.4, 0.5) is 32.2 Å². The van der Waals surface area contributed by atoms with Crippen molar-refractivity contribution in [3.8, 4) is 0 Å². The van der Waals surface area contributed by atoms with Crippen molar-refractivity contribution in [2.45, 2.75) is 37.2 Å². The van der Waals surface area contributed by atoms with Crippen molar-refractivity contribution < 1.29 is 41.0 Å². The van der Waals surface area contributed by atoms with Crippen LogP contribution in [0.3, 0.4) is 0 Å². The van der Waals surface area contributed by atoms with Crippen LogP contribution in [0.1, 0.15) is 40.7 Å². The Morgan fingerprint density at radius 2 is 1.64 bits per heavy atom. The number of halogens is 7. The summed E-state index contributed by atoms with van der Waals surface area (Å²) in [6.07, 6.45) is -8.28. The third-order valence-corrected chi connectivity index (χ3v) is 8.39. The molecular formula is C28H31ClF6N4O3. The number of likely N-dealkylation sites (N-methyl/N-ethyl adjacent to an activating group) is 1. The highest BCUT2D eigenvalue weighted by Crippen LogP contribution is 2.49. The fraction of sp³-hybridized carbons (Fsp3) is 0.536. The Balaban J connectivity index is 1.37. The van der Waals surface area contributed by atoms with Crippen LogP contribution in [0.2, 0.25) is 5.15 Å². The first kappa shape index (κ1) is 31.9. The first-order valence-corrected chi connectivity index (χ1v) is 13.7. The van der Waals surface area contributed by atoms with Gasteiger partial charge in [0.25, 0.3) is 17.4 Å².